The standard InChI is InChI=1S/C13H9Cl2FN4/c1-6-7(2)19-20-13(9(6)5-17)18-12-10(14)3-8(16)4-11(12)15/h3-4H,1-2H3,(H,18,20). The lowest BCUT2D eigenvalue weighted by Crippen LogP contribution is -2.04. The summed E-state index contributed by atoms with van der Waals surface area (Å²) in [5.41, 5.74) is 1.99. The van der Waals surface area contributed by atoms with Gasteiger partial charge in [0.05, 0.1) is 21.4 Å². The van der Waals surface area contributed by atoms with Crippen LogP contribution in [0.4, 0.5) is 15.9 Å². The van der Waals surface area contributed by atoms with Crippen molar-refractivity contribution < 1.29 is 4.39 Å². The van der Waals surface area contributed by atoms with Crippen molar-refractivity contribution in [3.63, 3.8) is 0 Å². The number of benzene rings is 1. The van der Waals surface area contributed by atoms with E-state index in [1.807, 2.05) is 6.07 Å². The maximum absolute atomic E-state index is 13.1. The minimum Gasteiger partial charge on any atom is -0.335 e. The summed E-state index contributed by atoms with van der Waals surface area (Å²) >= 11 is 11.9. The molecule has 0 radical (unpaired) electrons. The molecule has 0 aliphatic carbocycles. The first-order valence-electron chi connectivity index (χ1n) is 5.59. The van der Waals surface area contributed by atoms with Crippen molar-refractivity contribution in [3.05, 3.63) is 44.8 Å². The van der Waals surface area contributed by atoms with E-state index in [1.54, 1.807) is 13.8 Å². The Morgan fingerprint density at radius 3 is 2.35 bits per heavy atom. The zero-order valence-electron chi connectivity index (χ0n) is 10.6. The molecule has 0 aliphatic heterocycles. The summed E-state index contributed by atoms with van der Waals surface area (Å²) in [7, 11) is 0. The average molecular weight is 311 g/mol. The van der Waals surface area contributed by atoms with Crippen LogP contribution in [0, 0.1) is 31.0 Å². The summed E-state index contributed by atoms with van der Waals surface area (Å²) in [5, 5.41) is 20.1. The van der Waals surface area contributed by atoms with E-state index in [2.05, 4.69) is 15.5 Å². The summed E-state index contributed by atoms with van der Waals surface area (Å²) in [6.45, 7) is 3.52. The highest BCUT2D eigenvalue weighted by molar-refractivity contribution is 6.39. The van der Waals surface area contributed by atoms with Gasteiger partial charge in [-0.2, -0.15) is 10.4 Å². The van der Waals surface area contributed by atoms with Crippen LogP contribution in [0.2, 0.25) is 10.0 Å². The second-order valence-electron chi connectivity index (χ2n) is 4.12. The summed E-state index contributed by atoms with van der Waals surface area (Å²) in [6.07, 6.45) is 0. The molecular weight excluding hydrogens is 302 g/mol. The SMILES string of the molecule is Cc1nnc(Nc2c(Cl)cc(F)cc2Cl)c(C#N)c1C. The number of halogens is 3. The van der Waals surface area contributed by atoms with Gasteiger partial charge in [-0.25, -0.2) is 4.39 Å². The molecule has 0 atom stereocenters. The topological polar surface area (TPSA) is 61.6 Å². The molecular formula is C13H9Cl2FN4. The van der Waals surface area contributed by atoms with Crippen molar-refractivity contribution in [1.82, 2.24) is 10.2 Å². The monoisotopic (exact) mass is 310 g/mol. The first-order chi connectivity index (χ1) is 9.43. The maximum Gasteiger partial charge on any atom is 0.171 e. The number of nitrogens with one attached hydrogen (secondary N) is 1. The molecule has 1 N–H and O–H groups in total. The van der Waals surface area contributed by atoms with Crippen molar-refractivity contribution in [2.45, 2.75) is 13.8 Å². The Labute approximate surface area is 125 Å². The predicted molar refractivity (Wildman–Crippen MR) is 75.9 cm³/mol. The molecule has 0 spiro atoms. The Morgan fingerprint density at radius 1 is 1.20 bits per heavy atom. The van der Waals surface area contributed by atoms with E-state index in [0.717, 1.165) is 12.1 Å². The van der Waals surface area contributed by atoms with E-state index < -0.39 is 5.82 Å². The van der Waals surface area contributed by atoms with Crippen molar-refractivity contribution in [2.24, 2.45) is 0 Å². The molecule has 0 saturated heterocycles. The maximum atomic E-state index is 13.1. The van der Waals surface area contributed by atoms with Crippen molar-refractivity contribution >= 4 is 34.7 Å². The summed E-state index contributed by atoms with van der Waals surface area (Å²) in [6, 6.07) is 4.29. The molecule has 1 aromatic heterocycles. The zero-order valence-corrected chi connectivity index (χ0v) is 12.1. The molecule has 2 aromatic rings. The van der Waals surface area contributed by atoms with Crippen LogP contribution in [0.1, 0.15) is 16.8 Å². The summed E-state index contributed by atoms with van der Waals surface area (Å²) in [5.74, 6) is -0.316. The van der Waals surface area contributed by atoms with Crippen LogP contribution >= 0.6 is 23.2 Å². The molecule has 0 aliphatic rings. The fraction of sp³-hybridized carbons (Fsp3) is 0.154. The van der Waals surface area contributed by atoms with Gasteiger partial charge in [0.2, 0.25) is 0 Å². The van der Waals surface area contributed by atoms with Crippen molar-refractivity contribution in [2.75, 3.05) is 5.32 Å². The highest BCUT2D eigenvalue weighted by atomic mass is 35.5. The van der Waals surface area contributed by atoms with Gasteiger partial charge < -0.3 is 5.32 Å². The number of nitrogens with zero attached hydrogens (tertiary/aromatic N) is 3. The third kappa shape index (κ3) is 2.67. The van der Waals surface area contributed by atoms with Crippen LogP contribution in [0.5, 0.6) is 0 Å². The molecule has 0 fully saturated rings. The number of aromatic nitrogens is 2. The molecule has 0 unspecified atom stereocenters. The van der Waals surface area contributed by atoms with Crippen LogP contribution in [0.3, 0.4) is 0 Å². The van der Waals surface area contributed by atoms with Crippen LogP contribution in [0.25, 0.3) is 0 Å². The quantitative estimate of drug-likeness (QED) is 0.905. The zero-order chi connectivity index (χ0) is 14.9. The number of rotatable bonds is 2. The van der Waals surface area contributed by atoms with Gasteiger partial charge in [0.1, 0.15) is 17.4 Å². The number of hydrogen-bond donors (Lipinski definition) is 1. The first-order valence-corrected chi connectivity index (χ1v) is 6.35. The molecule has 0 saturated carbocycles. The molecule has 102 valence electrons. The van der Waals surface area contributed by atoms with Gasteiger partial charge >= 0.3 is 0 Å². The van der Waals surface area contributed by atoms with E-state index in [9.17, 15) is 9.65 Å². The predicted octanol–water partition coefficient (Wildman–Crippen LogP) is 4.15. The fourth-order valence-corrected chi connectivity index (χ4v) is 2.17. The van der Waals surface area contributed by atoms with Crippen LogP contribution in [-0.2, 0) is 0 Å². The second kappa shape index (κ2) is 5.61. The molecule has 1 heterocycles. The van der Waals surface area contributed by atoms with Gasteiger partial charge in [-0.3, -0.25) is 0 Å². The Bertz CT molecular complexity index is 702. The number of anilines is 2. The van der Waals surface area contributed by atoms with Gasteiger partial charge in [-0.1, -0.05) is 23.2 Å². The number of aryl methyl sites for hydroxylation is 1. The van der Waals surface area contributed by atoms with E-state index in [4.69, 9.17) is 23.2 Å². The molecule has 1 aromatic carbocycles. The number of nitriles is 1. The van der Waals surface area contributed by atoms with Crippen LogP contribution in [0.15, 0.2) is 12.1 Å². The Kier molecular flexibility index (Phi) is 4.07. The Balaban J connectivity index is 2.52. The lowest BCUT2D eigenvalue weighted by atomic mass is 10.1. The van der Waals surface area contributed by atoms with Gasteiger partial charge in [-0.15, -0.1) is 5.10 Å². The van der Waals surface area contributed by atoms with Crippen LogP contribution < -0.4 is 5.32 Å². The lowest BCUT2D eigenvalue weighted by molar-refractivity contribution is 0.628. The third-order valence-corrected chi connectivity index (χ3v) is 3.41. The van der Waals surface area contributed by atoms with Gasteiger partial charge in [0.15, 0.2) is 5.82 Å². The number of hydrogen-bond acceptors (Lipinski definition) is 4. The third-order valence-electron chi connectivity index (χ3n) is 2.82. The van der Waals surface area contributed by atoms with Gasteiger partial charge in [0, 0.05) is 0 Å². The van der Waals surface area contributed by atoms with E-state index in [1.165, 1.54) is 0 Å². The molecule has 4 nitrogen and oxygen atoms in total. The minimum absolute atomic E-state index is 0.0962. The normalized spacial score (nSPS) is 10.2. The highest BCUT2D eigenvalue weighted by Crippen LogP contribution is 2.34. The smallest absolute Gasteiger partial charge is 0.171 e. The van der Waals surface area contributed by atoms with Gasteiger partial charge in [0.25, 0.3) is 0 Å². The summed E-state index contributed by atoms with van der Waals surface area (Å²) < 4.78 is 13.1. The largest absolute Gasteiger partial charge is 0.335 e. The Morgan fingerprint density at radius 2 is 1.80 bits per heavy atom. The Hall–Kier alpha value is -1.90. The first kappa shape index (κ1) is 14.5. The van der Waals surface area contributed by atoms with E-state index in [-0.39, 0.29) is 21.6 Å². The van der Waals surface area contributed by atoms with Gasteiger partial charge in [-0.05, 0) is 31.5 Å². The average Bonchev–Trinajstić information content (AvgIpc) is 2.38. The second-order valence-corrected chi connectivity index (χ2v) is 4.93. The molecule has 0 amide bonds. The van der Waals surface area contributed by atoms with Crippen LogP contribution in [-0.4, -0.2) is 10.2 Å². The molecule has 20 heavy (non-hydrogen) atoms. The van der Waals surface area contributed by atoms with Crippen molar-refractivity contribution in [3.8, 4) is 6.07 Å². The highest BCUT2D eigenvalue weighted by Gasteiger charge is 2.15. The fourth-order valence-electron chi connectivity index (χ4n) is 1.61. The van der Waals surface area contributed by atoms with Crippen molar-refractivity contribution in [1.29, 1.82) is 5.26 Å². The molecule has 0 bridgehead atoms. The minimum atomic E-state index is -0.544. The molecule has 2 rings (SSSR count). The van der Waals surface area contributed by atoms with E-state index in [0.29, 0.717) is 16.8 Å². The van der Waals surface area contributed by atoms with E-state index >= 15 is 0 Å². The lowest BCUT2D eigenvalue weighted by Gasteiger charge is -2.12. The summed E-state index contributed by atoms with van der Waals surface area (Å²) in [4.78, 5) is 0. The molecule has 7 heteroatoms.